The lowest BCUT2D eigenvalue weighted by atomic mass is 9.87. The second-order valence-corrected chi connectivity index (χ2v) is 8.73. The van der Waals surface area contributed by atoms with Crippen LogP contribution in [-0.2, 0) is 15.2 Å². The van der Waals surface area contributed by atoms with Crippen LogP contribution in [0.15, 0.2) is 27.8 Å². The van der Waals surface area contributed by atoms with Gasteiger partial charge in [-0.05, 0) is 25.1 Å². The van der Waals surface area contributed by atoms with E-state index in [1.54, 1.807) is 5.32 Å². The van der Waals surface area contributed by atoms with E-state index >= 15 is 0 Å². The third kappa shape index (κ3) is 5.84. The summed E-state index contributed by atoms with van der Waals surface area (Å²) in [5, 5.41) is 6.53. The molecule has 1 aliphatic heterocycles. The van der Waals surface area contributed by atoms with Gasteiger partial charge in [-0.1, -0.05) is 40.0 Å². The Kier molecular flexibility index (Phi) is 7.78. The van der Waals surface area contributed by atoms with Crippen molar-refractivity contribution in [2.45, 2.75) is 31.3 Å². The molecule has 0 saturated carbocycles. The van der Waals surface area contributed by atoms with Crippen LogP contribution in [0.3, 0.4) is 0 Å². The summed E-state index contributed by atoms with van der Waals surface area (Å²) in [6, 6.07) is 2.95. The molecule has 7 nitrogen and oxygen atoms in total. The Bertz CT molecular complexity index is 1210. The lowest BCUT2D eigenvalue weighted by Gasteiger charge is -2.29. The standard InChI is InChI=1S/C20H14Cl3F6N3O4/c1-8-10(17(34)30-6-15(33)31-7-19(24,25)26)4-14(35-8)13-5-18(36-32-13,20(27,28)29)9-2-11(21)16(23)12(22)3-9/h2-4H,5-7H2,1H3,(H,30,34)(H,31,33). The summed E-state index contributed by atoms with van der Waals surface area (Å²) in [4.78, 5) is 28.7. The van der Waals surface area contributed by atoms with Crippen LogP contribution in [-0.4, -0.2) is 43.0 Å². The molecule has 0 radical (unpaired) electrons. The molecule has 2 N–H and O–H groups in total. The highest BCUT2D eigenvalue weighted by molar-refractivity contribution is 6.48. The Morgan fingerprint density at radius 3 is 2.22 bits per heavy atom. The lowest BCUT2D eigenvalue weighted by molar-refractivity contribution is -0.275. The van der Waals surface area contributed by atoms with Gasteiger partial charge in [-0.2, -0.15) is 26.3 Å². The van der Waals surface area contributed by atoms with E-state index in [-0.39, 0.29) is 37.9 Å². The predicted molar refractivity (Wildman–Crippen MR) is 116 cm³/mol. The number of nitrogens with zero attached hydrogens (tertiary/aromatic N) is 1. The highest BCUT2D eigenvalue weighted by Crippen LogP contribution is 2.50. The first-order valence-electron chi connectivity index (χ1n) is 9.73. The minimum absolute atomic E-state index is 0.0528. The summed E-state index contributed by atoms with van der Waals surface area (Å²) in [5.41, 5.74) is -3.95. The number of oxime groups is 1. The van der Waals surface area contributed by atoms with E-state index in [9.17, 15) is 35.9 Å². The first-order chi connectivity index (χ1) is 16.5. The fraction of sp³-hybridized carbons (Fsp3) is 0.350. The van der Waals surface area contributed by atoms with Crippen molar-refractivity contribution in [1.29, 1.82) is 0 Å². The van der Waals surface area contributed by atoms with Crippen LogP contribution in [0.5, 0.6) is 0 Å². The number of rotatable bonds is 6. The first kappa shape index (κ1) is 27.9. The van der Waals surface area contributed by atoms with E-state index < -0.39 is 54.8 Å². The largest absolute Gasteiger partial charge is 0.459 e. The number of halogens is 9. The number of benzene rings is 1. The van der Waals surface area contributed by atoms with E-state index in [1.807, 2.05) is 0 Å². The topological polar surface area (TPSA) is 92.9 Å². The van der Waals surface area contributed by atoms with Crippen molar-refractivity contribution in [1.82, 2.24) is 10.6 Å². The van der Waals surface area contributed by atoms with E-state index in [4.69, 9.17) is 44.1 Å². The van der Waals surface area contributed by atoms with Crippen LogP contribution in [0.4, 0.5) is 26.3 Å². The van der Waals surface area contributed by atoms with Crippen molar-refractivity contribution in [3.8, 4) is 0 Å². The van der Waals surface area contributed by atoms with Gasteiger partial charge < -0.3 is 19.9 Å². The summed E-state index contributed by atoms with van der Waals surface area (Å²) >= 11 is 17.6. The number of hydrogen-bond donors (Lipinski definition) is 2. The fourth-order valence-electron chi connectivity index (χ4n) is 3.19. The Morgan fingerprint density at radius 2 is 1.67 bits per heavy atom. The zero-order valence-corrected chi connectivity index (χ0v) is 20.1. The van der Waals surface area contributed by atoms with Gasteiger partial charge in [0, 0.05) is 5.56 Å². The molecule has 0 fully saturated rings. The molecule has 0 spiro atoms. The van der Waals surface area contributed by atoms with Crippen LogP contribution in [0.25, 0.3) is 0 Å². The van der Waals surface area contributed by atoms with E-state index in [1.165, 1.54) is 6.92 Å². The zero-order valence-electron chi connectivity index (χ0n) is 17.8. The molecule has 2 amide bonds. The average molecular weight is 581 g/mol. The molecule has 36 heavy (non-hydrogen) atoms. The molecule has 0 bridgehead atoms. The molecule has 1 aromatic carbocycles. The van der Waals surface area contributed by atoms with Crippen LogP contribution in [0, 0.1) is 6.92 Å². The monoisotopic (exact) mass is 579 g/mol. The third-order valence-electron chi connectivity index (χ3n) is 4.98. The Balaban J connectivity index is 1.78. The molecule has 16 heteroatoms. The smallest absolute Gasteiger partial charge is 0.435 e. The van der Waals surface area contributed by atoms with Crippen molar-refractivity contribution in [3.63, 3.8) is 0 Å². The van der Waals surface area contributed by atoms with Gasteiger partial charge in [-0.3, -0.25) is 9.59 Å². The van der Waals surface area contributed by atoms with Crippen molar-refractivity contribution in [3.05, 3.63) is 55.9 Å². The average Bonchev–Trinajstić information content (AvgIpc) is 3.38. The molecule has 1 aromatic heterocycles. The molecule has 1 unspecified atom stereocenters. The van der Waals surface area contributed by atoms with E-state index in [0.717, 1.165) is 18.2 Å². The van der Waals surface area contributed by atoms with Gasteiger partial charge in [0.25, 0.3) is 11.5 Å². The Labute approximate surface area is 213 Å². The zero-order chi connectivity index (χ0) is 27.1. The van der Waals surface area contributed by atoms with Crippen molar-refractivity contribution < 1.29 is 45.2 Å². The molecule has 0 aliphatic carbocycles. The fourth-order valence-corrected chi connectivity index (χ4v) is 3.79. The van der Waals surface area contributed by atoms with E-state index in [2.05, 4.69) is 10.5 Å². The number of carbonyl (C=O) groups is 2. The third-order valence-corrected chi connectivity index (χ3v) is 6.18. The number of hydrogen-bond acceptors (Lipinski definition) is 5. The number of alkyl halides is 6. The van der Waals surface area contributed by atoms with Gasteiger partial charge in [-0.15, -0.1) is 0 Å². The minimum Gasteiger partial charge on any atom is -0.459 e. The number of amides is 2. The van der Waals surface area contributed by atoms with Crippen LogP contribution in [0.1, 0.15) is 33.9 Å². The SMILES string of the molecule is Cc1oc(C2=NOC(c3cc(Cl)c(Cl)c(Cl)c3)(C(F)(F)F)C2)cc1C(=O)NCC(=O)NCC(F)(F)F. The van der Waals surface area contributed by atoms with Gasteiger partial charge in [0.15, 0.2) is 5.76 Å². The highest BCUT2D eigenvalue weighted by atomic mass is 35.5. The lowest BCUT2D eigenvalue weighted by Crippen LogP contribution is -2.42. The van der Waals surface area contributed by atoms with Crippen molar-refractivity contribution in [2.24, 2.45) is 5.16 Å². The normalized spacial score (nSPS) is 18.0. The molecular formula is C20H14Cl3F6N3O4. The second-order valence-electron chi connectivity index (χ2n) is 7.54. The molecule has 0 saturated heterocycles. The van der Waals surface area contributed by atoms with Crippen LogP contribution >= 0.6 is 34.8 Å². The number of nitrogens with one attached hydrogen (secondary N) is 2. The van der Waals surface area contributed by atoms with Gasteiger partial charge in [0.2, 0.25) is 5.91 Å². The van der Waals surface area contributed by atoms with E-state index in [0.29, 0.717) is 0 Å². The molecule has 1 atom stereocenters. The highest BCUT2D eigenvalue weighted by Gasteiger charge is 2.63. The minimum atomic E-state index is -5.00. The number of aryl methyl sites for hydroxylation is 1. The predicted octanol–water partition coefficient (Wildman–Crippen LogP) is 5.54. The second kappa shape index (κ2) is 10.0. The number of furan rings is 1. The Hall–Kier alpha value is -2.64. The Morgan fingerprint density at radius 1 is 1.06 bits per heavy atom. The molecule has 2 heterocycles. The molecular weight excluding hydrogens is 567 g/mol. The van der Waals surface area contributed by atoms with Crippen molar-refractivity contribution >= 4 is 52.3 Å². The summed E-state index contributed by atoms with van der Waals surface area (Å²) in [6.07, 6.45) is -10.5. The quantitative estimate of drug-likeness (QED) is 0.347. The van der Waals surface area contributed by atoms with Crippen LogP contribution < -0.4 is 10.6 Å². The first-order valence-corrected chi connectivity index (χ1v) is 10.9. The maximum Gasteiger partial charge on any atom is 0.435 e. The van der Waals surface area contributed by atoms with Gasteiger partial charge in [0.05, 0.1) is 33.6 Å². The summed E-state index contributed by atoms with van der Waals surface area (Å²) < 4.78 is 84.3. The van der Waals surface area contributed by atoms with Gasteiger partial charge in [0.1, 0.15) is 18.0 Å². The van der Waals surface area contributed by atoms with Crippen LogP contribution in [0.2, 0.25) is 15.1 Å². The van der Waals surface area contributed by atoms with Gasteiger partial charge >= 0.3 is 12.4 Å². The van der Waals surface area contributed by atoms with Crippen molar-refractivity contribution in [2.75, 3.05) is 13.1 Å². The summed E-state index contributed by atoms with van der Waals surface area (Å²) in [5.74, 6) is -2.31. The summed E-state index contributed by atoms with van der Waals surface area (Å²) in [7, 11) is 0. The molecule has 196 valence electrons. The number of carbonyl (C=O) groups excluding carboxylic acids is 2. The molecule has 2 aromatic rings. The van der Waals surface area contributed by atoms with Gasteiger partial charge in [-0.25, -0.2) is 0 Å². The summed E-state index contributed by atoms with van der Waals surface area (Å²) in [6.45, 7) is -1.05. The molecule has 3 rings (SSSR count). The maximum atomic E-state index is 14.2. The molecule has 1 aliphatic rings. The maximum absolute atomic E-state index is 14.2.